The summed E-state index contributed by atoms with van der Waals surface area (Å²) >= 11 is 0. The van der Waals surface area contributed by atoms with Crippen LogP contribution >= 0.6 is 0 Å². The summed E-state index contributed by atoms with van der Waals surface area (Å²) in [5.41, 5.74) is 2.90. The average molecular weight is 340 g/mol. The minimum absolute atomic E-state index is 0.0645. The van der Waals surface area contributed by atoms with Gasteiger partial charge in [0, 0.05) is 43.5 Å². The Kier molecular flexibility index (Phi) is 5.60. The molecule has 1 aliphatic heterocycles. The van der Waals surface area contributed by atoms with Gasteiger partial charge in [-0.2, -0.15) is 0 Å². The number of carbonyl (C=O) groups is 1. The lowest BCUT2D eigenvalue weighted by Gasteiger charge is -2.21. The van der Waals surface area contributed by atoms with Crippen LogP contribution in [0.4, 0.5) is 0 Å². The largest absolute Gasteiger partial charge is 0.491 e. The van der Waals surface area contributed by atoms with Gasteiger partial charge in [-0.1, -0.05) is 18.2 Å². The van der Waals surface area contributed by atoms with E-state index in [0.29, 0.717) is 32.7 Å². The second-order valence-electron chi connectivity index (χ2n) is 6.22. The second kappa shape index (κ2) is 8.07. The first kappa shape index (κ1) is 17.4. The molecule has 25 heavy (non-hydrogen) atoms. The molecule has 0 bridgehead atoms. The highest BCUT2D eigenvalue weighted by Crippen LogP contribution is 2.22. The van der Waals surface area contributed by atoms with E-state index < -0.39 is 0 Å². The average Bonchev–Trinajstić information content (AvgIpc) is 2.84. The first-order chi connectivity index (χ1) is 12.1. The predicted molar refractivity (Wildman–Crippen MR) is 95.2 cm³/mol. The monoisotopic (exact) mass is 340 g/mol. The highest BCUT2D eigenvalue weighted by molar-refractivity contribution is 5.76. The second-order valence-corrected chi connectivity index (χ2v) is 6.22. The van der Waals surface area contributed by atoms with E-state index in [0.717, 1.165) is 22.7 Å². The van der Waals surface area contributed by atoms with Gasteiger partial charge in [-0.3, -0.25) is 14.8 Å². The van der Waals surface area contributed by atoms with Crippen LogP contribution < -0.4 is 10.1 Å². The van der Waals surface area contributed by atoms with E-state index in [1.165, 1.54) is 0 Å². The molecule has 0 spiro atoms. The van der Waals surface area contributed by atoms with Crippen molar-refractivity contribution >= 4 is 5.91 Å². The summed E-state index contributed by atoms with van der Waals surface area (Å²) in [4.78, 5) is 23.0. The Morgan fingerprint density at radius 2 is 2.12 bits per heavy atom. The van der Waals surface area contributed by atoms with Crippen LogP contribution in [-0.2, 0) is 11.3 Å². The SMILES string of the molecule is Cc1nccnc1C(C)NCCC(=O)N1CCOc2ccccc2C1. The van der Waals surface area contributed by atoms with Gasteiger partial charge in [0.15, 0.2) is 0 Å². The topological polar surface area (TPSA) is 67.4 Å². The first-order valence-corrected chi connectivity index (χ1v) is 8.64. The standard InChI is InChI=1S/C19H24N4O2/c1-14(19-15(2)21-9-10-22-19)20-8-7-18(24)23-11-12-25-17-6-4-3-5-16(17)13-23/h3-6,9-10,14,20H,7-8,11-13H2,1-2H3. The highest BCUT2D eigenvalue weighted by atomic mass is 16.5. The Balaban J connectivity index is 1.52. The summed E-state index contributed by atoms with van der Waals surface area (Å²) in [7, 11) is 0. The van der Waals surface area contributed by atoms with Crippen LogP contribution in [0.1, 0.15) is 36.3 Å². The van der Waals surface area contributed by atoms with E-state index in [1.54, 1.807) is 12.4 Å². The molecule has 2 aromatic rings. The summed E-state index contributed by atoms with van der Waals surface area (Å²) in [6.45, 7) is 6.35. The van der Waals surface area contributed by atoms with Crippen LogP contribution in [0.15, 0.2) is 36.7 Å². The van der Waals surface area contributed by atoms with Gasteiger partial charge in [-0.15, -0.1) is 0 Å². The molecule has 0 fully saturated rings. The van der Waals surface area contributed by atoms with E-state index in [2.05, 4.69) is 15.3 Å². The smallest absolute Gasteiger partial charge is 0.224 e. The number of hydrogen-bond acceptors (Lipinski definition) is 5. The molecular weight excluding hydrogens is 316 g/mol. The third-order valence-corrected chi connectivity index (χ3v) is 4.42. The third-order valence-electron chi connectivity index (χ3n) is 4.42. The number of nitrogens with one attached hydrogen (secondary N) is 1. The summed E-state index contributed by atoms with van der Waals surface area (Å²) in [6.07, 6.45) is 3.83. The van der Waals surface area contributed by atoms with Gasteiger partial charge in [-0.25, -0.2) is 0 Å². The molecule has 1 atom stereocenters. The number of rotatable bonds is 5. The highest BCUT2D eigenvalue weighted by Gasteiger charge is 2.19. The first-order valence-electron chi connectivity index (χ1n) is 8.64. The normalized spacial score (nSPS) is 15.0. The molecule has 0 saturated heterocycles. The number of hydrogen-bond donors (Lipinski definition) is 1. The fourth-order valence-electron chi connectivity index (χ4n) is 3.03. The van der Waals surface area contributed by atoms with Gasteiger partial charge in [0.25, 0.3) is 0 Å². The number of benzene rings is 1. The molecule has 132 valence electrons. The Labute approximate surface area is 148 Å². The Morgan fingerprint density at radius 1 is 1.32 bits per heavy atom. The van der Waals surface area contributed by atoms with Crippen LogP contribution in [0.2, 0.25) is 0 Å². The quantitative estimate of drug-likeness (QED) is 0.904. The van der Waals surface area contributed by atoms with E-state index >= 15 is 0 Å². The minimum atomic E-state index is 0.0645. The fourth-order valence-corrected chi connectivity index (χ4v) is 3.03. The van der Waals surface area contributed by atoms with Crippen molar-refractivity contribution in [1.82, 2.24) is 20.2 Å². The van der Waals surface area contributed by atoms with Crippen molar-refractivity contribution in [2.24, 2.45) is 0 Å². The maximum absolute atomic E-state index is 12.5. The van der Waals surface area contributed by atoms with Crippen molar-refractivity contribution in [2.45, 2.75) is 32.9 Å². The van der Waals surface area contributed by atoms with Crippen LogP contribution in [0, 0.1) is 6.92 Å². The Bertz CT molecular complexity index is 735. The number of aromatic nitrogens is 2. The Hall–Kier alpha value is -2.47. The predicted octanol–water partition coefficient (Wildman–Crippen LogP) is 2.25. The van der Waals surface area contributed by atoms with E-state index in [4.69, 9.17) is 4.74 Å². The minimum Gasteiger partial charge on any atom is -0.491 e. The number of fused-ring (bicyclic) bond motifs is 1. The van der Waals surface area contributed by atoms with Crippen LogP contribution in [0.25, 0.3) is 0 Å². The maximum Gasteiger partial charge on any atom is 0.224 e. The molecule has 1 N–H and O–H groups in total. The fraction of sp³-hybridized carbons (Fsp3) is 0.421. The van der Waals surface area contributed by atoms with Gasteiger partial charge < -0.3 is 15.0 Å². The summed E-state index contributed by atoms with van der Waals surface area (Å²) in [6, 6.07) is 7.96. The zero-order valence-electron chi connectivity index (χ0n) is 14.7. The molecule has 1 aliphatic rings. The van der Waals surface area contributed by atoms with Crippen LogP contribution in [0.3, 0.4) is 0 Å². The van der Waals surface area contributed by atoms with Crippen molar-refractivity contribution in [3.8, 4) is 5.75 Å². The Morgan fingerprint density at radius 3 is 2.96 bits per heavy atom. The summed E-state index contributed by atoms with van der Waals surface area (Å²) < 4.78 is 5.72. The number of para-hydroxylation sites is 1. The third kappa shape index (κ3) is 4.33. The summed E-state index contributed by atoms with van der Waals surface area (Å²) in [5.74, 6) is 1.01. The number of nitrogens with zero attached hydrogens (tertiary/aromatic N) is 3. The molecule has 0 saturated carbocycles. The van der Waals surface area contributed by atoms with Gasteiger partial charge in [0.05, 0.1) is 17.9 Å². The van der Waals surface area contributed by atoms with Gasteiger partial charge in [0.2, 0.25) is 5.91 Å². The molecule has 6 nitrogen and oxygen atoms in total. The van der Waals surface area contributed by atoms with Crippen molar-refractivity contribution in [1.29, 1.82) is 0 Å². The molecule has 2 heterocycles. The molecule has 1 aromatic carbocycles. The lowest BCUT2D eigenvalue weighted by atomic mass is 10.1. The zero-order chi connectivity index (χ0) is 17.6. The van der Waals surface area contributed by atoms with Crippen LogP contribution in [0.5, 0.6) is 5.75 Å². The van der Waals surface area contributed by atoms with Crippen molar-refractivity contribution in [3.05, 3.63) is 53.6 Å². The number of ether oxygens (including phenoxy) is 1. The van der Waals surface area contributed by atoms with Crippen molar-refractivity contribution in [2.75, 3.05) is 19.7 Å². The maximum atomic E-state index is 12.5. The lowest BCUT2D eigenvalue weighted by Crippen LogP contribution is -2.35. The van der Waals surface area contributed by atoms with Gasteiger partial charge in [0.1, 0.15) is 12.4 Å². The van der Waals surface area contributed by atoms with E-state index in [9.17, 15) is 4.79 Å². The molecule has 0 aliphatic carbocycles. The van der Waals surface area contributed by atoms with Crippen molar-refractivity contribution in [3.63, 3.8) is 0 Å². The number of amides is 1. The zero-order valence-corrected chi connectivity index (χ0v) is 14.7. The van der Waals surface area contributed by atoms with E-state index in [-0.39, 0.29) is 11.9 Å². The molecule has 1 amide bonds. The lowest BCUT2D eigenvalue weighted by molar-refractivity contribution is -0.131. The molecule has 1 aromatic heterocycles. The molecule has 1 unspecified atom stereocenters. The van der Waals surface area contributed by atoms with Gasteiger partial charge in [-0.05, 0) is 19.9 Å². The van der Waals surface area contributed by atoms with Crippen molar-refractivity contribution < 1.29 is 9.53 Å². The number of carbonyl (C=O) groups excluding carboxylic acids is 1. The van der Waals surface area contributed by atoms with Gasteiger partial charge >= 0.3 is 0 Å². The summed E-state index contributed by atoms with van der Waals surface area (Å²) in [5, 5.41) is 3.36. The van der Waals surface area contributed by atoms with Crippen LogP contribution in [-0.4, -0.2) is 40.5 Å². The molecule has 6 heteroatoms. The molecule has 3 rings (SSSR count). The molecule has 0 radical (unpaired) electrons. The number of aryl methyl sites for hydroxylation is 1. The van der Waals surface area contributed by atoms with E-state index in [1.807, 2.05) is 43.0 Å². The molecular formula is C19H24N4O2.